The van der Waals surface area contributed by atoms with Crippen molar-refractivity contribution in [1.29, 1.82) is 0 Å². The number of imidazole rings is 1. The van der Waals surface area contributed by atoms with Crippen molar-refractivity contribution in [2.45, 2.75) is 43.4 Å². The van der Waals surface area contributed by atoms with Gasteiger partial charge in [-0.3, -0.25) is 0 Å². The quantitative estimate of drug-likeness (QED) is 0.880. The standard InChI is InChI=1S/C18H21FN4O2/c1-22-9-8-20-16(22)18(25)10-12-6-7-13(11-18)23(12)17(24)21-15-5-3-2-4-14(15)19/h2-5,8-9,12-13,25H,6-7,10-11H2,1H3,(H,21,24)/t12-,13-/m0/s1. The van der Waals surface area contributed by atoms with Gasteiger partial charge in [0.2, 0.25) is 0 Å². The third-order valence-electron chi connectivity index (χ3n) is 5.35. The van der Waals surface area contributed by atoms with E-state index >= 15 is 0 Å². The first kappa shape index (κ1) is 16.1. The van der Waals surface area contributed by atoms with Crippen LogP contribution in [0.2, 0.25) is 0 Å². The number of nitrogens with one attached hydrogen (secondary N) is 1. The van der Waals surface area contributed by atoms with Crippen molar-refractivity contribution in [3.63, 3.8) is 0 Å². The average Bonchev–Trinajstić information content (AvgIpc) is 3.12. The van der Waals surface area contributed by atoms with Gasteiger partial charge in [0.1, 0.15) is 17.2 Å². The van der Waals surface area contributed by atoms with E-state index in [1.165, 1.54) is 6.07 Å². The zero-order chi connectivity index (χ0) is 17.6. The van der Waals surface area contributed by atoms with Crippen molar-refractivity contribution < 1.29 is 14.3 Å². The Morgan fingerprint density at radius 1 is 1.32 bits per heavy atom. The Kier molecular flexibility index (Phi) is 3.76. The summed E-state index contributed by atoms with van der Waals surface area (Å²) in [6, 6.07) is 5.68. The molecule has 2 aliphatic heterocycles. The van der Waals surface area contributed by atoms with E-state index in [1.54, 1.807) is 29.3 Å². The highest BCUT2D eigenvalue weighted by Gasteiger charge is 2.51. The van der Waals surface area contributed by atoms with Crippen LogP contribution in [-0.2, 0) is 12.6 Å². The molecule has 3 heterocycles. The first-order valence-electron chi connectivity index (χ1n) is 8.52. The number of fused-ring (bicyclic) bond motifs is 2. The smallest absolute Gasteiger partial charge is 0.322 e. The number of halogens is 1. The fourth-order valence-electron chi connectivity index (χ4n) is 4.30. The Balaban J connectivity index is 1.54. The molecule has 2 aromatic rings. The molecule has 2 aliphatic rings. The number of para-hydroxylation sites is 1. The molecule has 0 radical (unpaired) electrons. The molecule has 2 amide bonds. The zero-order valence-electron chi connectivity index (χ0n) is 14.0. The monoisotopic (exact) mass is 344 g/mol. The molecule has 2 atom stereocenters. The molecule has 0 saturated carbocycles. The Bertz CT molecular complexity index is 792. The number of aliphatic hydroxyl groups is 1. The predicted octanol–water partition coefficient (Wildman–Crippen LogP) is 2.61. The molecule has 2 saturated heterocycles. The molecular formula is C18H21FN4O2. The van der Waals surface area contributed by atoms with Crippen molar-refractivity contribution in [3.05, 3.63) is 48.3 Å². The Hall–Kier alpha value is -2.41. The van der Waals surface area contributed by atoms with Gasteiger partial charge in [-0.25, -0.2) is 14.2 Å². The summed E-state index contributed by atoms with van der Waals surface area (Å²) >= 11 is 0. The van der Waals surface area contributed by atoms with Crippen LogP contribution in [0.3, 0.4) is 0 Å². The largest absolute Gasteiger partial charge is 0.382 e. The van der Waals surface area contributed by atoms with Crippen molar-refractivity contribution in [3.8, 4) is 0 Å². The summed E-state index contributed by atoms with van der Waals surface area (Å²) < 4.78 is 15.6. The van der Waals surface area contributed by atoms with Gasteiger partial charge in [0.15, 0.2) is 0 Å². The van der Waals surface area contributed by atoms with Gasteiger partial charge in [0.25, 0.3) is 0 Å². The summed E-state index contributed by atoms with van der Waals surface area (Å²) in [5, 5.41) is 13.8. The van der Waals surface area contributed by atoms with E-state index < -0.39 is 11.4 Å². The number of aryl methyl sites for hydroxylation is 1. The molecule has 2 N–H and O–H groups in total. The van der Waals surface area contributed by atoms with Gasteiger partial charge in [-0.1, -0.05) is 12.1 Å². The number of benzene rings is 1. The highest BCUT2D eigenvalue weighted by Crippen LogP contribution is 2.45. The number of carbonyl (C=O) groups is 1. The molecule has 2 bridgehead atoms. The maximum Gasteiger partial charge on any atom is 0.322 e. The number of aromatic nitrogens is 2. The maximum absolute atomic E-state index is 13.8. The lowest BCUT2D eigenvalue weighted by Crippen LogP contribution is -2.53. The summed E-state index contributed by atoms with van der Waals surface area (Å²) in [5.74, 6) is 0.184. The molecular weight excluding hydrogens is 323 g/mol. The number of rotatable bonds is 2. The minimum Gasteiger partial charge on any atom is -0.382 e. The number of anilines is 1. The van der Waals surface area contributed by atoms with Crippen LogP contribution in [0.4, 0.5) is 14.9 Å². The van der Waals surface area contributed by atoms with E-state index in [9.17, 15) is 14.3 Å². The van der Waals surface area contributed by atoms with E-state index in [2.05, 4.69) is 10.3 Å². The number of hydrogen-bond donors (Lipinski definition) is 2. The van der Waals surface area contributed by atoms with Crippen LogP contribution >= 0.6 is 0 Å². The lowest BCUT2D eigenvalue weighted by molar-refractivity contribution is -0.0505. The topological polar surface area (TPSA) is 70.4 Å². The number of piperidine rings is 1. The SMILES string of the molecule is Cn1ccnc1C1(O)C[C@@H]2CC[C@@H](C1)N2C(=O)Nc1ccccc1F. The predicted molar refractivity (Wildman–Crippen MR) is 90.4 cm³/mol. The Morgan fingerprint density at radius 2 is 2.00 bits per heavy atom. The van der Waals surface area contributed by atoms with E-state index in [0.29, 0.717) is 18.7 Å². The van der Waals surface area contributed by atoms with Crippen molar-refractivity contribution in [1.82, 2.24) is 14.5 Å². The van der Waals surface area contributed by atoms with Gasteiger partial charge in [-0.2, -0.15) is 0 Å². The second kappa shape index (κ2) is 5.84. The van der Waals surface area contributed by atoms with Gasteiger partial charge in [0.05, 0.1) is 5.69 Å². The van der Waals surface area contributed by atoms with Crippen LogP contribution in [0.15, 0.2) is 36.7 Å². The van der Waals surface area contributed by atoms with E-state index in [4.69, 9.17) is 0 Å². The van der Waals surface area contributed by atoms with E-state index in [0.717, 1.165) is 12.8 Å². The van der Waals surface area contributed by atoms with Crippen LogP contribution in [0, 0.1) is 5.82 Å². The normalized spacial score (nSPS) is 28.2. The molecule has 0 spiro atoms. The molecule has 0 unspecified atom stereocenters. The number of hydrogen-bond acceptors (Lipinski definition) is 3. The summed E-state index contributed by atoms with van der Waals surface area (Å²) in [6.45, 7) is 0. The first-order valence-corrected chi connectivity index (χ1v) is 8.52. The third-order valence-corrected chi connectivity index (χ3v) is 5.35. The van der Waals surface area contributed by atoms with Gasteiger partial charge in [-0.05, 0) is 25.0 Å². The molecule has 2 fully saturated rings. The highest BCUT2D eigenvalue weighted by molar-refractivity contribution is 5.90. The van der Waals surface area contributed by atoms with Gasteiger partial charge >= 0.3 is 6.03 Å². The summed E-state index contributed by atoms with van der Waals surface area (Å²) in [5.41, 5.74) is -0.851. The Morgan fingerprint density at radius 3 is 2.60 bits per heavy atom. The summed E-state index contributed by atoms with van der Waals surface area (Å²) in [6.07, 6.45) is 6.04. The third kappa shape index (κ3) is 2.68. The summed E-state index contributed by atoms with van der Waals surface area (Å²) in [7, 11) is 1.86. The summed E-state index contributed by atoms with van der Waals surface area (Å²) in [4.78, 5) is 18.8. The maximum atomic E-state index is 13.8. The van der Waals surface area contributed by atoms with Crippen molar-refractivity contribution in [2.75, 3.05) is 5.32 Å². The molecule has 4 rings (SSSR count). The second-order valence-electron chi connectivity index (χ2n) is 7.00. The lowest BCUT2D eigenvalue weighted by atomic mass is 9.85. The van der Waals surface area contributed by atoms with Gasteiger partial charge < -0.3 is 19.9 Å². The number of urea groups is 1. The second-order valence-corrected chi connectivity index (χ2v) is 7.00. The first-order chi connectivity index (χ1) is 12.0. The van der Waals surface area contributed by atoms with Gasteiger partial charge in [0, 0.05) is 44.4 Å². The van der Waals surface area contributed by atoms with E-state index in [-0.39, 0.29) is 23.8 Å². The van der Waals surface area contributed by atoms with Crippen molar-refractivity contribution >= 4 is 11.7 Å². The fourth-order valence-corrected chi connectivity index (χ4v) is 4.30. The highest BCUT2D eigenvalue weighted by atomic mass is 19.1. The molecule has 132 valence electrons. The van der Waals surface area contributed by atoms with E-state index in [1.807, 2.05) is 17.8 Å². The van der Waals surface area contributed by atoms with Crippen LogP contribution in [-0.4, -0.2) is 37.7 Å². The molecule has 1 aromatic heterocycles. The number of nitrogens with zero attached hydrogens (tertiary/aromatic N) is 3. The van der Waals surface area contributed by atoms with Crippen LogP contribution in [0.25, 0.3) is 0 Å². The van der Waals surface area contributed by atoms with Gasteiger partial charge in [-0.15, -0.1) is 0 Å². The number of carbonyl (C=O) groups excluding carboxylic acids is 1. The molecule has 0 aliphatic carbocycles. The molecule has 6 nitrogen and oxygen atoms in total. The number of amides is 2. The minimum atomic E-state index is -1.03. The van der Waals surface area contributed by atoms with Crippen LogP contribution in [0.5, 0.6) is 0 Å². The molecule has 7 heteroatoms. The Labute approximate surface area is 145 Å². The van der Waals surface area contributed by atoms with Crippen molar-refractivity contribution in [2.24, 2.45) is 7.05 Å². The average molecular weight is 344 g/mol. The van der Waals surface area contributed by atoms with Crippen LogP contribution < -0.4 is 5.32 Å². The van der Waals surface area contributed by atoms with Crippen LogP contribution in [0.1, 0.15) is 31.5 Å². The molecule has 25 heavy (non-hydrogen) atoms. The zero-order valence-corrected chi connectivity index (χ0v) is 14.0. The molecule has 1 aromatic carbocycles. The lowest BCUT2D eigenvalue weighted by Gasteiger charge is -2.43. The fraction of sp³-hybridized carbons (Fsp3) is 0.444. The minimum absolute atomic E-state index is 0.0766.